The lowest BCUT2D eigenvalue weighted by Crippen LogP contribution is -2.05. The molecule has 0 aliphatic carbocycles. The number of nitrogens with one attached hydrogen (secondary N) is 2. The molecule has 1 heterocycles. The van der Waals surface area contributed by atoms with Crippen molar-refractivity contribution in [2.24, 2.45) is 0 Å². The van der Waals surface area contributed by atoms with E-state index in [1.807, 2.05) is 19.1 Å². The van der Waals surface area contributed by atoms with Gasteiger partial charge < -0.3 is 10.6 Å². The summed E-state index contributed by atoms with van der Waals surface area (Å²) < 4.78 is 0. The van der Waals surface area contributed by atoms with E-state index in [0.29, 0.717) is 17.7 Å². The fourth-order valence-corrected chi connectivity index (χ4v) is 2.62. The van der Waals surface area contributed by atoms with Gasteiger partial charge in [0, 0.05) is 11.4 Å². The van der Waals surface area contributed by atoms with E-state index in [2.05, 4.69) is 76.7 Å². The van der Waals surface area contributed by atoms with Crippen LogP contribution >= 0.6 is 0 Å². The van der Waals surface area contributed by atoms with Crippen LogP contribution in [-0.2, 0) is 0 Å². The molecule has 2 aromatic carbocycles. The molecule has 5 nitrogen and oxygen atoms in total. The van der Waals surface area contributed by atoms with Crippen molar-refractivity contribution in [2.75, 3.05) is 10.6 Å². The van der Waals surface area contributed by atoms with Crippen molar-refractivity contribution < 1.29 is 0 Å². The van der Waals surface area contributed by atoms with Gasteiger partial charge in [-0.3, -0.25) is 0 Å². The highest BCUT2D eigenvalue weighted by atomic mass is 15.2. The molecule has 0 amide bonds. The zero-order chi connectivity index (χ0) is 17.1. The number of aromatic nitrogens is 3. The molecule has 0 unspecified atom stereocenters. The number of hydrogen-bond donors (Lipinski definition) is 2. The second-order valence-corrected chi connectivity index (χ2v) is 6.03. The minimum atomic E-state index is 0.528. The Hall–Kier alpha value is -2.95. The maximum Gasteiger partial charge on any atom is 0.232 e. The van der Waals surface area contributed by atoms with Gasteiger partial charge in [-0.1, -0.05) is 18.2 Å². The number of nitrogens with zero attached hydrogens (tertiary/aromatic N) is 3. The summed E-state index contributed by atoms with van der Waals surface area (Å²) in [5.74, 6) is 1.72. The van der Waals surface area contributed by atoms with Gasteiger partial charge in [-0.15, -0.1) is 0 Å². The van der Waals surface area contributed by atoms with Gasteiger partial charge in [-0.2, -0.15) is 15.0 Å². The normalized spacial score (nSPS) is 10.5. The molecule has 0 saturated heterocycles. The predicted molar refractivity (Wildman–Crippen MR) is 98.2 cm³/mol. The van der Waals surface area contributed by atoms with Gasteiger partial charge in [0.25, 0.3) is 0 Å². The Morgan fingerprint density at radius 1 is 0.625 bits per heavy atom. The summed E-state index contributed by atoms with van der Waals surface area (Å²) in [6.45, 7) is 8.05. The number of aryl methyl sites for hydroxylation is 4. The van der Waals surface area contributed by atoms with Crippen LogP contribution in [0.4, 0.5) is 23.3 Å². The quantitative estimate of drug-likeness (QED) is 0.736. The van der Waals surface area contributed by atoms with Crippen molar-refractivity contribution in [2.45, 2.75) is 27.7 Å². The zero-order valence-corrected chi connectivity index (χ0v) is 14.4. The average Bonchev–Trinajstić information content (AvgIpc) is 2.45. The molecule has 24 heavy (non-hydrogen) atoms. The first-order chi connectivity index (χ1) is 11.5. The van der Waals surface area contributed by atoms with Crippen molar-refractivity contribution in [3.05, 3.63) is 65.0 Å². The van der Waals surface area contributed by atoms with Crippen LogP contribution < -0.4 is 10.6 Å². The van der Waals surface area contributed by atoms with Gasteiger partial charge in [-0.25, -0.2) is 0 Å². The van der Waals surface area contributed by atoms with Crippen LogP contribution in [0.2, 0.25) is 0 Å². The molecular formula is C19H21N5. The number of hydrogen-bond acceptors (Lipinski definition) is 5. The summed E-state index contributed by atoms with van der Waals surface area (Å²) in [7, 11) is 0. The van der Waals surface area contributed by atoms with Gasteiger partial charge in [0.15, 0.2) is 0 Å². The molecule has 0 saturated carbocycles. The molecule has 0 aliphatic rings. The SMILES string of the molecule is Cc1cccc(Nc2nc(C)nc(Nc3cc(C)cc(C)c3)n2)c1. The Morgan fingerprint density at radius 2 is 1.21 bits per heavy atom. The molecular weight excluding hydrogens is 298 g/mol. The third-order valence-corrected chi connectivity index (χ3v) is 3.50. The van der Waals surface area contributed by atoms with Crippen LogP contribution in [0.3, 0.4) is 0 Å². The fourth-order valence-electron chi connectivity index (χ4n) is 2.62. The second-order valence-electron chi connectivity index (χ2n) is 6.03. The summed E-state index contributed by atoms with van der Waals surface area (Å²) in [5.41, 5.74) is 5.50. The van der Waals surface area contributed by atoms with Crippen LogP contribution in [0.1, 0.15) is 22.5 Å². The van der Waals surface area contributed by atoms with Crippen molar-refractivity contribution in [3.8, 4) is 0 Å². The van der Waals surface area contributed by atoms with Crippen molar-refractivity contribution in [1.82, 2.24) is 15.0 Å². The standard InChI is InChI=1S/C19H21N5/c1-12-6-5-7-16(9-12)22-18-20-15(4)21-19(24-18)23-17-10-13(2)8-14(3)11-17/h5-11H,1-4H3,(H2,20,21,22,23,24). The first-order valence-corrected chi connectivity index (χ1v) is 7.90. The van der Waals surface area contributed by atoms with Gasteiger partial charge in [0.2, 0.25) is 11.9 Å². The van der Waals surface area contributed by atoms with Crippen LogP contribution in [0.25, 0.3) is 0 Å². The van der Waals surface area contributed by atoms with E-state index in [9.17, 15) is 0 Å². The first kappa shape index (κ1) is 15.9. The molecule has 3 rings (SSSR count). The molecule has 0 fully saturated rings. The van der Waals surface area contributed by atoms with Gasteiger partial charge >= 0.3 is 0 Å². The van der Waals surface area contributed by atoms with Gasteiger partial charge in [0.1, 0.15) is 5.82 Å². The van der Waals surface area contributed by atoms with E-state index in [-0.39, 0.29) is 0 Å². The van der Waals surface area contributed by atoms with Crippen LogP contribution in [-0.4, -0.2) is 15.0 Å². The van der Waals surface area contributed by atoms with Crippen molar-refractivity contribution >= 4 is 23.3 Å². The van der Waals surface area contributed by atoms with E-state index in [1.54, 1.807) is 0 Å². The first-order valence-electron chi connectivity index (χ1n) is 7.90. The van der Waals surface area contributed by atoms with E-state index < -0.39 is 0 Å². The topological polar surface area (TPSA) is 62.7 Å². The fraction of sp³-hybridized carbons (Fsp3) is 0.211. The Kier molecular flexibility index (Phi) is 4.42. The van der Waals surface area contributed by atoms with Crippen LogP contribution in [0, 0.1) is 27.7 Å². The highest BCUT2D eigenvalue weighted by Crippen LogP contribution is 2.19. The van der Waals surface area contributed by atoms with Crippen molar-refractivity contribution in [1.29, 1.82) is 0 Å². The third kappa shape index (κ3) is 4.07. The lowest BCUT2D eigenvalue weighted by Gasteiger charge is -2.10. The summed E-state index contributed by atoms with van der Waals surface area (Å²) in [4.78, 5) is 13.2. The van der Waals surface area contributed by atoms with E-state index >= 15 is 0 Å². The summed E-state index contributed by atoms with van der Waals surface area (Å²) in [6.07, 6.45) is 0. The highest BCUT2D eigenvalue weighted by Gasteiger charge is 2.06. The number of rotatable bonds is 4. The molecule has 122 valence electrons. The van der Waals surface area contributed by atoms with E-state index in [1.165, 1.54) is 16.7 Å². The van der Waals surface area contributed by atoms with Gasteiger partial charge in [-0.05, 0) is 68.7 Å². The molecule has 0 radical (unpaired) electrons. The number of benzene rings is 2. The zero-order valence-electron chi connectivity index (χ0n) is 14.4. The molecule has 0 spiro atoms. The highest BCUT2D eigenvalue weighted by molar-refractivity contribution is 5.59. The summed E-state index contributed by atoms with van der Waals surface area (Å²) in [6, 6.07) is 14.4. The average molecular weight is 319 g/mol. The number of anilines is 4. The summed E-state index contributed by atoms with van der Waals surface area (Å²) in [5, 5.41) is 6.49. The van der Waals surface area contributed by atoms with E-state index in [0.717, 1.165) is 11.4 Å². The van der Waals surface area contributed by atoms with E-state index in [4.69, 9.17) is 0 Å². The minimum Gasteiger partial charge on any atom is -0.324 e. The Bertz CT molecular complexity index is 853. The smallest absolute Gasteiger partial charge is 0.232 e. The lowest BCUT2D eigenvalue weighted by atomic mass is 10.1. The maximum atomic E-state index is 4.47. The molecule has 0 bridgehead atoms. The molecule has 5 heteroatoms. The van der Waals surface area contributed by atoms with Crippen LogP contribution in [0.5, 0.6) is 0 Å². The molecule has 0 aliphatic heterocycles. The third-order valence-electron chi connectivity index (χ3n) is 3.50. The van der Waals surface area contributed by atoms with Crippen LogP contribution in [0.15, 0.2) is 42.5 Å². The Balaban J connectivity index is 1.85. The largest absolute Gasteiger partial charge is 0.324 e. The molecule has 2 N–H and O–H groups in total. The predicted octanol–water partition coefficient (Wildman–Crippen LogP) is 4.59. The Morgan fingerprint density at radius 3 is 1.83 bits per heavy atom. The molecule has 0 atom stereocenters. The molecule has 1 aromatic heterocycles. The Labute approximate surface area is 142 Å². The minimum absolute atomic E-state index is 0.528. The molecule has 3 aromatic rings. The summed E-state index contributed by atoms with van der Waals surface area (Å²) >= 11 is 0. The lowest BCUT2D eigenvalue weighted by molar-refractivity contribution is 0.989. The van der Waals surface area contributed by atoms with Crippen molar-refractivity contribution in [3.63, 3.8) is 0 Å². The maximum absolute atomic E-state index is 4.47. The second kappa shape index (κ2) is 6.66. The van der Waals surface area contributed by atoms with Gasteiger partial charge in [0.05, 0.1) is 0 Å². The monoisotopic (exact) mass is 319 g/mol.